The van der Waals surface area contributed by atoms with Crippen molar-refractivity contribution in [2.45, 2.75) is 117 Å². The van der Waals surface area contributed by atoms with Crippen molar-refractivity contribution < 1.29 is 41.6 Å². The van der Waals surface area contributed by atoms with E-state index in [0.717, 1.165) is 49.4 Å². The number of hydrazine groups is 1. The van der Waals surface area contributed by atoms with Gasteiger partial charge < -0.3 is 29.2 Å². The number of esters is 1. The van der Waals surface area contributed by atoms with E-state index in [1.807, 2.05) is 38.5 Å². The number of nitrogens with zero attached hydrogens (tertiary/aromatic N) is 7. The lowest BCUT2D eigenvalue weighted by atomic mass is 9.78. The number of urea groups is 1. The van der Waals surface area contributed by atoms with Gasteiger partial charge in [-0.25, -0.2) is 18.6 Å². The fraction of sp³-hybridized carbons (Fsp3) is 0.569. The number of carbonyl (C=O) groups excluding carboxylic acids is 4. The first-order valence-corrected chi connectivity index (χ1v) is 27.0. The van der Waals surface area contributed by atoms with Crippen LogP contribution in [0, 0.1) is 16.7 Å². The van der Waals surface area contributed by atoms with E-state index in [1.165, 1.54) is 25.6 Å². The van der Waals surface area contributed by atoms with E-state index in [1.54, 1.807) is 25.3 Å². The van der Waals surface area contributed by atoms with Crippen molar-refractivity contribution in [3.05, 3.63) is 76.4 Å². The zero-order valence-corrected chi connectivity index (χ0v) is 43.5. The van der Waals surface area contributed by atoms with Crippen LogP contribution in [0.1, 0.15) is 95.9 Å². The number of sulfonamides is 1. The molecule has 2 N–H and O–H groups in total. The SMILES string of the molecule is C=CS(=O)(=O)N1CCC2(CCN(C(=O)N(C)[C@H](C(=O)N[C@H]3Cc4c[n+](cs4)-c4ccc5c(c4)c(c(-c4cccnc4[C@H](C)OC)n5CC)CC(C)(C)COC(=O)[C@@H]4CCCN(N4)C3=O)C(C)C)CC2)C1. The Morgan fingerprint density at radius 1 is 1.13 bits per heavy atom. The van der Waals surface area contributed by atoms with Crippen LogP contribution in [-0.4, -0.2) is 133 Å². The summed E-state index contributed by atoms with van der Waals surface area (Å²) in [5.41, 5.74) is 10.4. The Morgan fingerprint density at radius 3 is 2.57 bits per heavy atom. The summed E-state index contributed by atoms with van der Waals surface area (Å²) in [5.74, 6) is -1.63. The number of methoxy groups -OCH3 is 1. The third kappa shape index (κ3) is 10.3. The number of pyridine rings is 1. The number of likely N-dealkylation sites (tertiary alicyclic amines) is 1. The summed E-state index contributed by atoms with van der Waals surface area (Å²) < 4.78 is 42.9. The van der Waals surface area contributed by atoms with Gasteiger partial charge >= 0.3 is 12.0 Å². The molecule has 4 aliphatic heterocycles. The number of hydrogen-bond donors (Lipinski definition) is 2. The number of ether oxygens (including phenoxy) is 2. The van der Waals surface area contributed by atoms with Crippen LogP contribution in [0.3, 0.4) is 0 Å². The van der Waals surface area contributed by atoms with E-state index in [4.69, 9.17) is 14.5 Å². The summed E-state index contributed by atoms with van der Waals surface area (Å²) >= 11 is 1.48. The Kier molecular flexibility index (Phi) is 15.0. The highest BCUT2D eigenvalue weighted by atomic mass is 32.2. The van der Waals surface area contributed by atoms with Crippen LogP contribution in [0.5, 0.6) is 0 Å². The third-order valence-corrected chi connectivity index (χ3v) is 17.3. The number of rotatable bonds is 10. The van der Waals surface area contributed by atoms with Gasteiger partial charge in [-0.15, -0.1) is 0 Å². The Bertz CT molecular complexity index is 2740. The minimum Gasteiger partial charge on any atom is -0.464 e. The number of nitrogens with one attached hydrogen (secondary N) is 2. The maximum atomic E-state index is 14.7. The van der Waals surface area contributed by atoms with E-state index in [0.29, 0.717) is 77.8 Å². The predicted molar refractivity (Wildman–Crippen MR) is 268 cm³/mol. The molecular weight excluding hydrogens is 931 g/mol. The molecule has 4 amide bonds. The smallest absolute Gasteiger partial charge is 0.324 e. The molecule has 1 aromatic carbocycles. The molecule has 8 rings (SSSR count). The van der Waals surface area contributed by atoms with Crippen molar-refractivity contribution in [2.24, 2.45) is 16.7 Å². The molecule has 0 saturated carbocycles. The third-order valence-electron chi connectivity index (χ3n) is 14.9. The van der Waals surface area contributed by atoms with Gasteiger partial charge in [-0.2, -0.15) is 8.87 Å². The van der Waals surface area contributed by atoms with E-state index < -0.39 is 51.3 Å². The van der Waals surface area contributed by atoms with Gasteiger partial charge in [0.05, 0.1) is 29.0 Å². The van der Waals surface area contributed by atoms with Crippen molar-refractivity contribution in [1.29, 1.82) is 0 Å². The Hall–Kier alpha value is -5.21. The average molecular weight is 1000 g/mol. The molecule has 3 fully saturated rings. The summed E-state index contributed by atoms with van der Waals surface area (Å²) in [6.07, 6.45) is 7.29. The molecule has 1 spiro atoms. The molecule has 4 atom stereocenters. The van der Waals surface area contributed by atoms with Crippen LogP contribution in [0.25, 0.3) is 27.8 Å². The quantitative estimate of drug-likeness (QED) is 0.147. The number of benzene rings is 1. The maximum Gasteiger partial charge on any atom is 0.324 e. The summed E-state index contributed by atoms with van der Waals surface area (Å²) in [6.45, 7) is 18.4. The number of hydrogen-bond acceptors (Lipinski definition) is 11. The summed E-state index contributed by atoms with van der Waals surface area (Å²) in [4.78, 5) is 66.4. The van der Waals surface area contributed by atoms with E-state index in [-0.39, 0.29) is 36.5 Å². The standard InChI is InChI=1S/C51H69N9O8S2/c1-10-59-42-17-16-35-26-38(42)39(45(59)37-14-12-21-52-43(37)34(5)67-9)28-50(6,7)31-68-48(63)40-15-13-22-60(54-40)47(62)41(27-36-29-57(35)32-69-36)53-46(61)44(33(3)4)55(8)49(64)56-23-18-51(19-24-56)20-25-58(30-51)70(65,66)11-2/h11-12,14,16-17,21,26,29,32-34,40-41,44,54H,2,10,13,15,18-20,22-25,27-28,30-31H2,1,3-9H3/p+1/t34-,40-,41-,44-/m0/s1. The van der Waals surface area contributed by atoms with E-state index in [2.05, 4.69) is 71.5 Å². The van der Waals surface area contributed by atoms with E-state index in [9.17, 15) is 27.6 Å². The van der Waals surface area contributed by atoms with Gasteiger partial charge in [-0.3, -0.25) is 24.4 Å². The summed E-state index contributed by atoms with van der Waals surface area (Å²) in [6, 6.07) is 7.43. The first-order chi connectivity index (χ1) is 33.3. The van der Waals surface area contributed by atoms with E-state index >= 15 is 0 Å². The number of likely N-dealkylation sites (N-methyl/N-ethyl adjacent to an activating group) is 1. The van der Waals surface area contributed by atoms with Gasteiger partial charge in [-0.05, 0) is 87.5 Å². The maximum absolute atomic E-state index is 14.7. The highest BCUT2D eigenvalue weighted by molar-refractivity contribution is 7.92. The molecule has 0 unspecified atom stereocenters. The van der Waals surface area contributed by atoms with Crippen LogP contribution in [0.4, 0.5) is 4.79 Å². The molecule has 6 bridgehead atoms. The first-order valence-electron chi connectivity index (χ1n) is 24.6. The minimum atomic E-state index is -3.53. The second-order valence-corrected chi connectivity index (χ2v) is 23.6. The number of cyclic esters (lactones) is 1. The topological polar surface area (TPSA) is 180 Å². The summed E-state index contributed by atoms with van der Waals surface area (Å²) in [7, 11) is -0.220. The predicted octanol–water partition coefficient (Wildman–Crippen LogP) is 5.75. The zero-order valence-electron chi connectivity index (χ0n) is 41.9. The molecule has 3 saturated heterocycles. The largest absolute Gasteiger partial charge is 0.464 e. The number of carbonyl (C=O) groups is 4. The molecule has 7 heterocycles. The number of aromatic nitrogens is 3. The second-order valence-electron chi connectivity index (χ2n) is 20.7. The Balaban J connectivity index is 1.10. The number of thiazole rings is 1. The molecule has 4 aliphatic rings. The second kappa shape index (κ2) is 20.5. The van der Waals surface area contributed by atoms with Crippen molar-refractivity contribution in [2.75, 3.05) is 53.5 Å². The molecule has 3 aromatic heterocycles. The first kappa shape index (κ1) is 51.2. The van der Waals surface area contributed by atoms with Gasteiger partial charge in [0.2, 0.25) is 27.1 Å². The molecule has 70 heavy (non-hydrogen) atoms. The highest BCUT2D eigenvalue weighted by Crippen LogP contribution is 2.43. The monoisotopic (exact) mass is 1000 g/mol. The van der Waals surface area contributed by atoms with Crippen molar-refractivity contribution in [3.63, 3.8) is 0 Å². The van der Waals surface area contributed by atoms with Crippen LogP contribution < -0.4 is 15.3 Å². The van der Waals surface area contributed by atoms with Gasteiger partial charge in [0.15, 0.2) is 6.20 Å². The van der Waals surface area contributed by atoms with Crippen LogP contribution in [0.15, 0.2) is 60.2 Å². The zero-order chi connectivity index (χ0) is 50.3. The Labute approximate surface area is 416 Å². The van der Waals surface area contributed by atoms with Crippen LogP contribution >= 0.6 is 11.3 Å². The molecule has 17 nitrogen and oxygen atoms in total. The molecule has 0 aliphatic carbocycles. The minimum absolute atomic E-state index is 0.130. The molecule has 0 radical (unpaired) electrons. The fourth-order valence-corrected chi connectivity index (χ4v) is 12.8. The van der Waals surface area contributed by atoms with Gasteiger partial charge in [0.25, 0.3) is 5.91 Å². The van der Waals surface area contributed by atoms with Crippen molar-refractivity contribution in [3.8, 4) is 16.9 Å². The highest BCUT2D eigenvalue weighted by Gasteiger charge is 2.46. The van der Waals surface area contributed by atoms with Crippen molar-refractivity contribution >= 4 is 56.1 Å². The number of amides is 4. The fourth-order valence-electron chi connectivity index (χ4n) is 10.9. The lowest BCUT2D eigenvalue weighted by Gasteiger charge is -2.42. The average Bonchev–Trinajstić information content (AvgIpc) is 4.08. The van der Waals surface area contributed by atoms with Gasteiger partial charge in [0, 0.05) is 105 Å². The number of piperidine rings is 1. The lowest BCUT2D eigenvalue weighted by molar-refractivity contribution is -0.590. The molecule has 378 valence electrons. The van der Waals surface area contributed by atoms with Crippen LogP contribution in [0.2, 0.25) is 0 Å². The lowest BCUT2D eigenvalue weighted by Crippen LogP contribution is -2.62. The Morgan fingerprint density at radius 2 is 1.87 bits per heavy atom. The van der Waals surface area contributed by atoms with Gasteiger partial charge in [-0.1, -0.05) is 45.6 Å². The normalized spacial score (nSPS) is 21.9. The van der Waals surface area contributed by atoms with Crippen LogP contribution in [-0.2, 0) is 53.3 Å². The number of fused-ring (bicyclic) bond motifs is 6. The summed E-state index contributed by atoms with van der Waals surface area (Å²) in [5, 5.41) is 6.57. The van der Waals surface area contributed by atoms with Gasteiger partial charge in [0.1, 0.15) is 18.1 Å². The molecular formula is C51H70N9O8S2+. The number of aryl methyl sites for hydroxylation is 1. The van der Waals surface area contributed by atoms with Crippen molar-refractivity contribution in [1.82, 2.24) is 39.4 Å². The molecule has 19 heteroatoms. The molecule has 4 aromatic rings.